The van der Waals surface area contributed by atoms with Gasteiger partial charge in [0.25, 0.3) is 0 Å². The fourth-order valence-electron chi connectivity index (χ4n) is 3.71. The number of rotatable bonds is 3. The van der Waals surface area contributed by atoms with Crippen molar-refractivity contribution in [3.05, 3.63) is 34.3 Å². The van der Waals surface area contributed by atoms with Crippen LogP contribution in [-0.2, 0) is 11.3 Å². The van der Waals surface area contributed by atoms with Gasteiger partial charge in [0.2, 0.25) is 5.91 Å². The van der Waals surface area contributed by atoms with E-state index in [4.69, 9.17) is 0 Å². The van der Waals surface area contributed by atoms with Crippen LogP contribution in [0.3, 0.4) is 0 Å². The molecule has 0 bridgehead atoms. The molecule has 2 aliphatic rings. The maximum atomic E-state index is 12.8. The summed E-state index contributed by atoms with van der Waals surface area (Å²) in [6.45, 7) is 3.64. The van der Waals surface area contributed by atoms with E-state index >= 15 is 0 Å². The van der Waals surface area contributed by atoms with E-state index in [1.54, 1.807) is 4.90 Å². The van der Waals surface area contributed by atoms with Gasteiger partial charge in [0.1, 0.15) is 0 Å². The monoisotopic (exact) mass is 407 g/mol. The van der Waals surface area contributed by atoms with Gasteiger partial charge >= 0.3 is 6.03 Å². The molecule has 0 aliphatic carbocycles. The second-order valence-corrected chi connectivity index (χ2v) is 8.00. The molecule has 1 aromatic carbocycles. The Morgan fingerprint density at radius 1 is 1.08 bits per heavy atom. The number of amides is 3. The summed E-state index contributed by atoms with van der Waals surface area (Å²) in [4.78, 5) is 31.0. The van der Waals surface area contributed by atoms with Gasteiger partial charge in [0.15, 0.2) is 0 Å². The second-order valence-electron chi connectivity index (χ2n) is 7.08. The van der Waals surface area contributed by atoms with Gasteiger partial charge < -0.3 is 14.7 Å². The third-order valence-corrected chi connectivity index (χ3v) is 5.66. The molecule has 0 aromatic heterocycles. The third-order valence-electron chi connectivity index (χ3n) is 5.13. The minimum absolute atomic E-state index is 0.0826. The van der Waals surface area contributed by atoms with E-state index in [9.17, 15) is 9.59 Å². The summed E-state index contributed by atoms with van der Waals surface area (Å²) in [5.74, 6) is 0.0580. The van der Waals surface area contributed by atoms with Crippen LogP contribution in [-0.4, -0.2) is 59.9 Å². The number of urea groups is 1. The topological polar surface area (TPSA) is 43.9 Å². The number of halogens is 1. The van der Waals surface area contributed by atoms with E-state index in [0.717, 1.165) is 55.4 Å². The lowest BCUT2D eigenvalue weighted by Gasteiger charge is -2.36. The van der Waals surface area contributed by atoms with Crippen molar-refractivity contribution in [1.82, 2.24) is 14.7 Å². The lowest BCUT2D eigenvalue weighted by atomic mass is 9.96. The predicted molar refractivity (Wildman–Crippen MR) is 101 cm³/mol. The van der Waals surface area contributed by atoms with Crippen LogP contribution in [0.2, 0.25) is 0 Å². The SMILES string of the molecule is CN(Cc1ccc(Br)cc1)C(=O)[C@H]1CCCN(C(=O)N2CCCC2)C1. The van der Waals surface area contributed by atoms with Gasteiger partial charge in [-0.25, -0.2) is 4.79 Å². The summed E-state index contributed by atoms with van der Waals surface area (Å²) >= 11 is 3.43. The number of benzene rings is 1. The highest BCUT2D eigenvalue weighted by Crippen LogP contribution is 2.22. The van der Waals surface area contributed by atoms with Gasteiger partial charge in [0, 0.05) is 44.2 Å². The van der Waals surface area contributed by atoms with Gasteiger partial charge in [-0.05, 0) is 43.4 Å². The molecule has 1 aromatic rings. The highest BCUT2D eigenvalue weighted by molar-refractivity contribution is 9.10. The van der Waals surface area contributed by atoms with E-state index < -0.39 is 0 Å². The molecule has 3 amide bonds. The zero-order valence-electron chi connectivity index (χ0n) is 14.8. The number of carbonyl (C=O) groups is 2. The van der Waals surface area contributed by atoms with Crippen molar-refractivity contribution in [3.8, 4) is 0 Å². The first-order valence-corrected chi connectivity index (χ1v) is 9.87. The third kappa shape index (κ3) is 4.54. The maximum absolute atomic E-state index is 12.8. The highest BCUT2D eigenvalue weighted by Gasteiger charge is 2.32. The van der Waals surface area contributed by atoms with Crippen LogP contribution in [0.25, 0.3) is 0 Å². The van der Waals surface area contributed by atoms with Crippen molar-refractivity contribution in [2.75, 3.05) is 33.2 Å². The normalized spacial score (nSPS) is 20.6. The molecule has 25 heavy (non-hydrogen) atoms. The number of hydrogen-bond donors (Lipinski definition) is 0. The quantitative estimate of drug-likeness (QED) is 0.770. The summed E-state index contributed by atoms with van der Waals surface area (Å²) in [5, 5.41) is 0. The molecule has 5 nitrogen and oxygen atoms in total. The minimum atomic E-state index is -0.0826. The molecular weight excluding hydrogens is 382 g/mol. The molecule has 1 atom stereocenters. The van der Waals surface area contributed by atoms with Crippen LogP contribution in [0.5, 0.6) is 0 Å². The van der Waals surface area contributed by atoms with Gasteiger partial charge in [-0.15, -0.1) is 0 Å². The molecule has 136 valence electrons. The first kappa shape index (κ1) is 18.2. The van der Waals surface area contributed by atoms with E-state index in [1.807, 2.05) is 41.1 Å². The average molecular weight is 408 g/mol. The van der Waals surface area contributed by atoms with Crippen LogP contribution in [0.1, 0.15) is 31.2 Å². The van der Waals surface area contributed by atoms with Crippen LogP contribution < -0.4 is 0 Å². The molecule has 0 radical (unpaired) electrons. The molecule has 6 heteroatoms. The number of likely N-dealkylation sites (tertiary alicyclic amines) is 2. The lowest BCUT2D eigenvalue weighted by molar-refractivity contribution is -0.136. The summed E-state index contributed by atoms with van der Waals surface area (Å²) in [7, 11) is 1.85. The Bertz CT molecular complexity index is 614. The predicted octanol–water partition coefficient (Wildman–Crippen LogP) is 3.34. The fourth-order valence-corrected chi connectivity index (χ4v) is 3.98. The largest absolute Gasteiger partial charge is 0.341 e. The number of nitrogens with zero attached hydrogens (tertiary/aromatic N) is 3. The molecule has 0 saturated carbocycles. The van der Waals surface area contributed by atoms with Crippen LogP contribution in [0, 0.1) is 5.92 Å². The highest BCUT2D eigenvalue weighted by atomic mass is 79.9. The summed E-state index contributed by atoms with van der Waals surface area (Å²) in [6.07, 6.45) is 3.96. The van der Waals surface area contributed by atoms with E-state index in [0.29, 0.717) is 13.1 Å². The molecule has 2 aliphatic heterocycles. The van der Waals surface area contributed by atoms with Crippen LogP contribution in [0.4, 0.5) is 4.79 Å². The summed E-state index contributed by atoms with van der Waals surface area (Å²) in [5.41, 5.74) is 1.11. The lowest BCUT2D eigenvalue weighted by Crippen LogP contribution is -2.49. The van der Waals surface area contributed by atoms with Crippen LogP contribution in [0.15, 0.2) is 28.7 Å². The molecule has 2 heterocycles. The Kier molecular flexibility index (Phi) is 5.99. The molecule has 2 saturated heterocycles. The van der Waals surface area contributed by atoms with E-state index in [-0.39, 0.29) is 17.9 Å². The molecule has 3 rings (SSSR count). The van der Waals surface area contributed by atoms with Gasteiger partial charge in [-0.1, -0.05) is 28.1 Å². The molecule has 0 unspecified atom stereocenters. The summed E-state index contributed by atoms with van der Waals surface area (Å²) in [6, 6.07) is 8.15. The molecule has 0 N–H and O–H groups in total. The number of hydrogen-bond acceptors (Lipinski definition) is 2. The second kappa shape index (κ2) is 8.21. The number of carbonyl (C=O) groups excluding carboxylic acids is 2. The molecule has 2 fully saturated rings. The van der Waals surface area contributed by atoms with Gasteiger partial charge in [0.05, 0.1) is 5.92 Å². The minimum Gasteiger partial charge on any atom is -0.341 e. The van der Waals surface area contributed by atoms with Crippen molar-refractivity contribution in [1.29, 1.82) is 0 Å². The Morgan fingerprint density at radius 3 is 2.40 bits per heavy atom. The van der Waals surface area contributed by atoms with Crippen molar-refractivity contribution >= 4 is 27.9 Å². The van der Waals surface area contributed by atoms with Crippen LogP contribution >= 0.6 is 15.9 Å². The standard InChI is InChI=1S/C19H26BrN3O2/c1-21(13-15-6-8-17(20)9-7-15)18(24)16-5-4-12-23(14-16)19(25)22-10-2-3-11-22/h6-9,16H,2-5,10-14H2,1H3/t16-/m0/s1. The zero-order valence-corrected chi connectivity index (χ0v) is 16.4. The first-order chi connectivity index (χ1) is 12.0. The van der Waals surface area contributed by atoms with Crippen molar-refractivity contribution in [2.24, 2.45) is 5.92 Å². The van der Waals surface area contributed by atoms with E-state index in [2.05, 4.69) is 15.9 Å². The fraction of sp³-hybridized carbons (Fsp3) is 0.579. The maximum Gasteiger partial charge on any atom is 0.320 e. The van der Waals surface area contributed by atoms with E-state index in [1.165, 1.54) is 0 Å². The Labute approximate surface area is 158 Å². The number of piperidine rings is 1. The van der Waals surface area contributed by atoms with Gasteiger partial charge in [-0.3, -0.25) is 4.79 Å². The van der Waals surface area contributed by atoms with Crippen molar-refractivity contribution in [2.45, 2.75) is 32.2 Å². The smallest absolute Gasteiger partial charge is 0.320 e. The first-order valence-electron chi connectivity index (χ1n) is 9.08. The van der Waals surface area contributed by atoms with Gasteiger partial charge in [-0.2, -0.15) is 0 Å². The Morgan fingerprint density at radius 2 is 1.72 bits per heavy atom. The van der Waals surface area contributed by atoms with Crippen molar-refractivity contribution < 1.29 is 9.59 Å². The summed E-state index contributed by atoms with van der Waals surface area (Å²) < 4.78 is 1.04. The Balaban J connectivity index is 1.57. The van der Waals surface area contributed by atoms with Crippen molar-refractivity contribution in [3.63, 3.8) is 0 Å². The Hall–Kier alpha value is -1.56. The average Bonchev–Trinajstić information content (AvgIpc) is 3.17. The molecule has 0 spiro atoms. The molecular formula is C19H26BrN3O2. The zero-order chi connectivity index (χ0) is 17.8.